The second-order valence-corrected chi connectivity index (χ2v) is 5.30. The van der Waals surface area contributed by atoms with Crippen LogP contribution in [0.5, 0.6) is 0 Å². The maximum absolute atomic E-state index is 13.3. The highest BCUT2D eigenvalue weighted by atomic mass is 19.1. The largest absolute Gasteiger partial charge is 0.310 e. The third-order valence-corrected chi connectivity index (χ3v) is 3.59. The van der Waals surface area contributed by atoms with Crippen LogP contribution in [0.3, 0.4) is 0 Å². The van der Waals surface area contributed by atoms with Crippen molar-refractivity contribution < 1.29 is 4.39 Å². The summed E-state index contributed by atoms with van der Waals surface area (Å²) < 4.78 is 13.3. The van der Waals surface area contributed by atoms with E-state index in [2.05, 4.69) is 44.3 Å². The molecule has 106 valence electrons. The number of hydrogen-bond donors (Lipinski definition) is 1. The van der Waals surface area contributed by atoms with Crippen LogP contribution in [0, 0.1) is 19.7 Å². The lowest BCUT2D eigenvalue weighted by Crippen LogP contribution is -2.23. The fourth-order valence-corrected chi connectivity index (χ4v) is 2.57. The second-order valence-electron chi connectivity index (χ2n) is 5.30. The summed E-state index contributed by atoms with van der Waals surface area (Å²) >= 11 is 0. The Morgan fingerprint density at radius 3 is 2.60 bits per heavy atom. The van der Waals surface area contributed by atoms with Crippen molar-refractivity contribution in [1.82, 2.24) is 5.32 Å². The average Bonchev–Trinajstić information content (AvgIpc) is 2.41. The van der Waals surface area contributed by atoms with Crippen molar-refractivity contribution >= 4 is 0 Å². The normalized spacial score (nSPS) is 12.4. The molecule has 0 aromatic heterocycles. The summed E-state index contributed by atoms with van der Waals surface area (Å²) in [5.74, 6) is -0.168. The Morgan fingerprint density at radius 1 is 1.10 bits per heavy atom. The van der Waals surface area contributed by atoms with Crippen molar-refractivity contribution in [2.24, 2.45) is 0 Å². The topological polar surface area (TPSA) is 12.0 Å². The van der Waals surface area contributed by atoms with E-state index in [1.54, 1.807) is 12.1 Å². The molecule has 0 saturated carbocycles. The van der Waals surface area contributed by atoms with Gasteiger partial charge in [-0.1, -0.05) is 42.8 Å². The first-order chi connectivity index (χ1) is 9.60. The summed E-state index contributed by atoms with van der Waals surface area (Å²) in [6, 6.07) is 13.6. The monoisotopic (exact) mass is 271 g/mol. The van der Waals surface area contributed by atoms with Crippen LogP contribution in [0.4, 0.5) is 4.39 Å². The third kappa shape index (κ3) is 3.67. The lowest BCUT2D eigenvalue weighted by Gasteiger charge is -2.21. The SMILES string of the molecule is CCNC(Cc1cccc(F)c1)c1cc(C)ccc1C. The summed E-state index contributed by atoms with van der Waals surface area (Å²) in [6.45, 7) is 7.23. The molecule has 0 radical (unpaired) electrons. The molecular formula is C18H22FN. The van der Waals surface area contributed by atoms with E-state index in [0.717, 1.165) is 18.5 Å². The molecule has 1 nitrogen and oxygen atoms in total. The molecule has 2 aromatic rings. The van der Waals surface area contributed by atoms with Crippen LogP contribution in [-0.2, 0) is 6.42 Å². The molecule has 2 heteroatoms. The number of halogens is 1. The van der Waals surface area contributed by atoms with Gasteiger partial charge in [0.25, 0.3) is 0 Å². The molecule has 2 rings (SSSR count). The lowest BCUT2D eigenvalue weighted by molar-refractivity contribution is 0.544. The molecule has 0 aliphatic heterocycles. The first kappa shape index (κ1) is 14.7. The molecular weight excluding hydrogens is 249 g/mol. The molecule has 1 atom stereocenters. The standard InChI is InChI=1S/C18H22FN/c1-4-20-18(12-15-6-5-7-16(19)11-15)17-10-13(2)8-9-14(17)3/h5-11,18,20H,4,12H2,1-3H3. The van der Waals surface area contributed by atoms with Crippen molar-refractivity contribution in [2.75, 3.05) is 6.54 Å². The smallest absolute Gasteiger partial charge is 0.123 e. The second kappa shape index (κ2) is 6.67. The van der Waals surface area contributed by atoms with Crippen molar-refractivity contribution in [2.45, 2.75) is 33.2 Å². The van der Waals surface area contributed by atoms with E-state index in [-0.39, 0.29) is 11.9 Å². The average molecular weight is 271 g/mol. The van der Waals surface area contributed by atoms with Crippen molar-refractivity contribution in [1.29, 1.82) is 0 Å². The molecule has 0 aliphatic rings. The predicted octanol–water partition coefficient (Wildman–Crippen LogP) is 4.34. The van der Waals surface area contributed by atoms with Crippen LogP contribution in [0.1, 0.15) is 35.2 Å². The maximum atomic E-state index is 13.3. The number of nitrogens with one attached hydrogen (secondary N) is 1. The molecule has 0 fully saturated rings. The Hall–Kier alpha value is -1.67. The van der Waals surface area contributed by atoms with E-state index < -0.39 is 0 Å². The summed E-state index contributed by atoms with van der Waals surface area (Å²) in [4.78, 5) is 0. The van der Waals surface area contributed by atoms with Crippen LogP contribution in [0.25, 0.3) is 0 Å². The van der Waals surface area contributed by atoms with Gasteiger partial charge in [-0.25, -0.2) is 4.39 Å². The summed E-state index contributed by atoms with van der Waals surface area (Å²) in [6.07, 6.45) is 0.801. The van der Waals surface area contributed by atoms with Gasteiger partial charge in [-0.3, -0.25) is 0 Å². The molecule has 1 unspecified atom stereocenters. The predicted molar refractivity (Wildman–Crippen MR) is 82.4 cm³/mol. The first-order valence-corrected chi connectivity index (χ1v) is 7.15. The molecule has 0 amide bonds. The molecule has 20 heavy (non-hydrogen) atoms. The molecule has 0 bridgehead atoms. The summed E-state index contributed by atoms with van der Waals surface area (Å²) in [5.41, 5.74) is 4.86. The zero-order chi connectivity index (χ0) is 14.5. The van der Waals surface area contributed by atoms with Gasteiger partial charge in [0.1, 0.15) is 5.82 Å². The van der Waals surface area contributed by atoms with Gasteiger partial charge >= 0.3 is 0 Å². The molecule has 0 heterocycles. The number of rotatable bonds is 5. The minimum Gasteiger partial charge on any atom is -0.310 e. The van der Waals surface area contributed by atoms with E-state index in [1.807, 2.05) is 6.07 Å². The summed E-state index contributed by atoms with van der Waals surface area (Å²) in [7, 11) is 0. The zero-order valence-corrected chi connectivity index (χ0v) is 12.4. The number of aryl methyl sites for hydroxylation is 2. The molecule has 0 saturated heterocycles. The Morgan fingerprint density at radius 2 is 1.90 bits per heavy atom. The Balaban J connectivity index is 2.29. The molecule has 0 spiro atoms. The molecule has 2 aromatic carbocycles. The number of hydrogen-bond acceptors (Lipinski definition) is 1. The van der Waals surface area contributed by atoms with Crippen LogP contribution in [0.15, 0.2) is 42.5 Å². The van der Waals surface area contributed by atoms with Gasteiger partial charge in [0.05, 0.1) is 0 Å². The van der Waals surface area contributed by atoms with Crippen LogP contribution in [0.2, 0.25) is 0 Å². The van der Waals surface area contributed by atoms with Crippen molar-refractivity contribution in [3.05, 3.63) is 70.5 Å². The Bertz CT molecular complexity index is 577. The van der Waals surface area contributed by atoms with E-state index in [1.165, 1.54) is 22.8 Å². The van der Waals surface area contributed by atoms with E-state index in [0.29, 0.717) is 0 Å². The van der Waals surface area contributed by atoms with Crippen LogP contribution in [-0.4, -0.2) is 6.54 Å². The fraction of sp³-hybridized carbons (Fsp3) is 0.333. The minimum absolute atomic E-state index is 0.168. The number of likely N-dealkylation sites (N-methyl/N-ethyl adjacent to an activating group) is 1. The minimum atomic E-state index is -0.168. The van der Waals surface area contributed by atoms with Gasteiger partial charge in [0.15, 0.2) is 0 Å². The van der Waals surface area contributed by atoms with E-state index in [9.17, 15) is 4.39 Å². The first-order valence-electron chi connectivity index (χ1n) is 7.15. The summed E-state index contributed by atoms with van der Waals surface area (Å²) in [5, 5.41) is 3.51. The third-order valence-electron chi connectivity index (χ3n) is 3.59. The highest BCUT2D eigenvalue weighted by Crippen LogP contribution is 2.23. The molecule has 1 N–H and O–H groups in total. The van der Waals surface area contributed by atoms with Gasteiger partial charge in [-0.05, 0) is 55.6 Å². The van der Waals surface area contributed by atoms with Crippen LogP contribution < -0.4 is 5.32 Å². The van der Waals surface area contributed by atoms with Gasteiger partial charge in [0, 0.05) is 6.04 Å². The van der Waals surface area contributed by atoms with Gasteiger partial charge in [-0.15, -0.1) is 0 Å². The van der Waals surface area contributed by atoms with Gasteiger partial charge < -0.3 is 5.32 Å². The van der Waals surface area contributed by atoms with Crippen molar-refractivity contribution in [3.63, 3.8) is 0 Å². The van der Waals surface area contributed by atoms with E-state index in [4.69, 9.17) is 0 Å². The Kier molecular flexibility index (Phi) is 4.91. The van der Waals surface area contributed by atoms with E-state index >= 15 is 0 Å². The Labute approximate surface area is 120 Å². The van der Waals surface area contributed by atoms with Crippen LogP contribution >= 0.6 is 0 Å². The fourth-order valence-electron chi connectivity index (χ4n) is 2.57. The van der Waals surface area contributed by atoms with Gasteiger partial charge in [-0.2, -0.15) is 0 Å². The maximum Gasteiger partial charge on any atom is 0.123 e. The van der Waals surface area contributed by atoms with Gasteiger partial charge in [0.2, 0.25) is 0 Å². The molecule has 0 aliphatic carbocycles. The lowest BCUT2D eigenvalue weighted by atomic mass is 9.94. The highest BCUT2D eigenvalue weighted by molar-refractivity contribution is 5.34. The number of benzene rings is 2. The zero-order valence-electron chi connectivity index (χ0n) is 12.4. The van der Waals surface area contributed by atoms with Crippen molar-refractivity contribution in [3.8, 4) is 0 Å². The highest BCUT2D eigenvalue weighted by Gasteiger charge is 2.14. The quantitative estimate of drug-likeness (QED) is 0.853.